The summed E-state index contributed by atoms with van der Waals surface area (Å²) in [6.45, 7) is 3.27. The molecule has 2 heterocycles. The predicted molar refractivity (Wildman–Crippen MR) is 66.9 cm³/mol. The summed E-state index contributed by atoms with van der Waals surface area (Å²) in [7, 11) is 0. The van der Waals surface area contributed by atoms with Gasteiger partial charge in [0.05, 0.1) is 0 Å². The average Bonchev–Trinajstić information content (AvgIpc) is 2.75. The van der Waals surface area contributed by atoms with Gasteiger partial charge in [-0.05, 0) is 6.92 Å². The van der Waals surface area contributed by atoms with Gasteiger partial charge in [-0.3, -0.25) is 10.1 Å². The molecule has 0 radical (unpaired) electrons. The molecule has 0 aliphatic carbocycles. The van der Waals surface area contributed by atoms with Crippen molar-refractivity contribution < 1.29 is 4.79 Å². The van der Waals surface area contributed by atoms with Crippen molar-refractivity contribution in [1.29, 1.82) is 5.41 Å². The molecule has 0 aromatic carbocycles. The van der Waals surface area contributed by atoms with Gasteiger partial charge in [0.15, 0.2) is 5.16 Å². The predicted octanol–water partition coefficient (Wildman–Crippen LogP) is 0.794. The maximum atomic E-state index is 11.2. The minimum absolute atomic E-state index is 0.244. The topological polar surface area (TPSA) is 82.8 Å². The van der Waals surface area contributed by atoms with Crippen LogP contribution in [0.2, 0.25) is 0 Å². The van der Waals surface area contributed by atoms with E-state index in [4.69, 9.17) is 5.41 Å². The third kappa shape index (κ3) is 2.95. The minimum Gasteiger partial charge on any atom is -0.338 e. The molecule has 0 spiro atoms. The zero-order chi connectivity index (χ0) is 12.3. The van der Waals surface area contributed by atoms with Gasteiger partial charge < -0.3 is 9.88 Å². The molecule has 8 heteroatoms. The monoisotopic (exact) mass is 271 g/mol. The summed E-state index contributed by atoms with van der Waals surface area (Å²) in [6, 6.07) is 1.42. The largest absolute Gasteiger partial charge is 0.338 e. The SMILES string of the molecule is CCNC(=O)NSc1cc(=N)n2c(n1)SCC2. The second-order valence-electron chi connectivity index (χ2n) is 3.33. The van der Waals surface area contributed by atoms with Crippen molar-refractivity contribution in [3.63, 3.8) is 0 Å². The molecule has 6 nitrogen and oxygen atoms in total. The van der Waals surface area contributed by atoms with Crippen molar-refractivity contribution in [2.75, 3.05) is 12.3 Å². The first kappa shape index (κ1) is 12.3. The Hall–Kier alpha value is -1.15. The number of urea groups is 1. The van der Waals surface area contributed by atoms with Crippen LogP contribution in [-0.2, 0) is 6.54 Å². The molecule has 1 aliphatic rings. The number of carbonyl (C=O) groups excluding carboxylic acids is 1. The molecular weight excluding hydrogens is 258 g/mol. The number of nitrogens with one attached hydrogen (secondary N) is 3. The smallest absolute Gasteiger partial charge is 0.325 e. The van der Waals surface area contributed by atoms with Crippen molar-refractivity contribution in [2.45, 2.75) is 23.7 Å². The number of thioether (sulfide) groups is 1. The molecule has 1 aromatic heterocycles. The zero-order valence-electron chi connectivity index (χ0n) is 9.32. The summed E-state index contributed by atoms with van der Waals surface area (Å²) in [5.74, 6) is 0.955. The first-order valence-corrected chi connectivity index (χ1v) is 7.01. The first-order chi connectivity index (χ1) is 8.20. The lowest BCUT2D eigenvalue weighted by atomic mass is 10.6. The molecule has 17 heavy (non-hydrogen) atoms. The molecule has 0 bridgehead atoms. The van der Waals surface area contributed by atoms with Gasteiger partial charge in [-0.25, -0.2) is 9.78 Å². The number of nitrogens with zero attached hydrogens (tertiary/aromatic N) is 2. The summed E-state index contributed by atoms with van der Waals surface area (Å²) in [5, 5.41) is 11.9. The first-order valence-electron chi connectivity index (χ1n) is 5.20. The van der Waals surface area contributed by atoms with Crippen LogP contribution in [0.3, 0.4) is 0 Å². The highest BCUT2D eigenvalue weighted by Crippen LogP contribution is 2.23. The van der Waals surface area contributed by atoms with E-state index in [9.17, 15) is 4.79 Å². The van der Waals surface area contributed by atoms with Crippen LogP contribution in [0.5, 0.6) is 0 Å². The van der Waals surface area contributed by atoms with Gasteiger partial charge in [0.25, 0.3) is 0 Å². The highest BCUT2D eigenvalue weighted by atomic mass is 32.2. The normalized spacial score (nSPS) is 13.2. The summed E-state index contributed by atoms with van der Waals surface area (Å²) in [4.78, 5) is 15.6. The number of hydrogen-bond acceptors (Lipinski definition) is 5. The average molecular weight is 271 g/mol. The Morgan fingerprint density at radius 3 is 3.35 bits per heavy atom. The number of amides is 2. The van der Waals surface area contributed by atoms with Crippen LogP contribution in [0.25, 0.3) is 0 Å². The molecule has 3 N–H and O–H groups in total. The van der Waals surface area contributed by atoms with E-state index in [0.717, 1.165) is 29.4 Å². The molecule has 2 rings (SSSR count). The number of aromatic nitrogens is 2. The number of fused-ring (bicyclic) bond motifs is 1. The molecule has 92 valence electrons. The fraction of sp³-hybridized carbons (Fsp3) is 0.444. The third-order valence-electron chi connectivity index (χ3n) is 2.12. The summed E-state index contributed by atoms with van der Waals surface area (Å²) in [5.41, 5.74) is 0.431. The minimum atomic E-state index is -0.244. The Morgan fingerprint density at radius 2 is 2.59 bits per heavy atom. The van der Waals surface area contributed by atoms with Gasteiger partial charge in [0.1, 0.15) is 10.5 Å². The molecule has 1 aliphatic heterocycles. The van der Waals surface area contributed by atoms with Gasteiger partial charge in [-0.15, -0.1) is 0 Å². The van der Waals surface area contributed by atoms with Crippen molar-refractivity contribution in [2.24, 2.45) is 0 Å². The highest BCUT2D eigenvalue weighted by Gasteiger charge is 2.14. The van der Waals surface area contributed by atoms with E-state index in [1.807, 2.05) is 11.5 Å². The lowest BCUT2D eigenvalue weighted by Gasteiger charge is -2.06. The molecule has 1 aromatic rings. The van der Waals surface area contributed by atoms with Gasteiger partial charge in [-0.1, -0.05) is 11.8 Å². The standard InChI is InChI=1S/C9H13N5OS2/c1-2-11-8(15)13-17-7-5-6(10)14-3-4-16-9(14)12-7/h5,10H,2-4H2,1H3,(H2,11,13,15). The van der Waals surface area contributed by atoms with E-state index in [-0.39, 0.29) is 6.03 Å². The van der Waals surface area contributed by atoms with Crippen molar-refractivity contribution in [3.05, 3.63) is 11.6 Å². The van der Waals surface area contributed by atoms with E-state index in [1.165, 1.54) is 0 Å². The number of carbonyl (C=O) groups is 1. The van der Waals surface area contributed by atoms with Crippen LogP contribution >= 0.6 is 23.7 Å². The molecule has 0 unspecified atom stereocenters. The molecule has 0 saturated carbocycles. The fourth-order valence-corrected chi connectivity index (χ4v) is 2.98. The van der Waals surface area contributed by atoms with Gasteiger partial charge in [-0.2, -0.15) is 0 Å². The van der Waals surface area contributed by atoms with Crippen molar-refractivity contribution >= 4 is 29.7 Å². The van der Waals surface area contributed by atoms with E-state index >= 15 is 0 Å². The van der Waals surface area contributed by atoms with E-state index in [0.29, 0.717) is 17.1 Å². The van der Waals surface area contributed by atoms with E-state index < -0.39 is 0 Å². The highest BCUT2D eigenvalue weighted by molar-refractivity contribution is 7.99. The Labute approximate surface area is 107 Å². The summed E-state index contributed by atoms with van der Waals surface area (Å²) >= 11 is 2.76. The van der Waals surface area contributed by atoms with Crippen LogP contribution in [0.1, 0.15) is 6.92 Å². The Balaban J connectivity index is 2.05. The molecule has 0 atom stereocenters. The number of rotatable bonds is 3. The zero-order valence-corrected chi connectivity index (χ0v) is 11.0. The lowest BCUT2D eigenvalue weighted by Crippen LogP contribution is -2.31. The van der Waals surface area contributed by atoms with Crippen molar-refractivity contribution in [3.8, 4) is 0 Å². The third-order valence-corrected chi connectivity index (χ3v) is 3.78. The Morgan fingerprint density at radius 1 is 1.76 bits per heavy atom. The van der Waals surface area contributed by atoms with Crippen LogP contribution in [0, 0.1) is 5.41 Å². The van der Waals surface area contributed by atoms with Crippen LogP contribution < -0.4 is 15.5 Å². The van der Waals surface area contributed by atoms with Crippen molar-refractivity contribution in [1.82, 2.24) is 19.6 Å². The Kier molecular flexibility index (Phi) is 3.95. The van der Waals surface area contributed by atoms with E-state index in [1.54, 1.807) is 17.8 Å². The lowest BCUT2D eigenvalue weighted by molar-refractivity contribution is 0.247. The molecule has 0 saturated heterocycles. The molecule has 2 amide bonds. The van der Waals surface area contributed by atoms with Crippen LogP contribution in [0.4, 0.5) is 4.79 Å². The summed E-state index contributed by atoms with van der Waals surface area (Å²) in [6.07, 6.45) is 0. The van der Waals surface area contributed by atoms with Crippen LogP contribution in [0.15, 0.2) is 16.2 Å². The summed E-state index contributed by atoms with van der Waals surface area (Å²) < 4.78 is 4.48. The van der Waals surface area contributed by atoms with Gasteiger partial charge in [0.2, 0.25) is 0 Å². The quantitative estimate of drug-likeness (QED) is 0.431. The molecular formula is C9H13N5OS2. The Bertz CT molecular complexity index is 487. The maximum Gasteiger partial charge on any atom is 0.325 e. The molecule has 0 fully saturated rings. The van der Waals surface area contributed by atoms with E-state index in [2.05, 4.69) is 15.0 Å². The maximum absolute atomic E-state index is 11.2. The fourth-order valence-electron chi connectivity index (χ4n) is 1.39. The number of hydrogen-bond donors (Lipinski definition) is 3. The van der Waals surface area contributed by atoms with Gasteiger partial charge in [0, 0.05) is 36.9 Å². The second kappa shape index (κ2) is 5.46. The van der Waals surface area contributed by atoms with Crippen LogP contribution in [-0.4, -0.2) is 27.9 Å². The van der Waals surface area contributed by atoms with Gasteiger partial charge >= 0.3 is 6.03 Å². The second-order valence-corrected chi connectivity index (χ2v) is 5.21.